The van der Waals surface area contributed by atoms with Crippen LogP contribution in [0.2, 0.25) is 0 Å². The van der Waals surface area contributed by atoms with Gasteiger partial charge in [-0.05, 0) is 50.1 Å². The molecule has 2 N–H and O–H groups in total. The third-order valence-electron chi connectivity index (χ3n) is 2.66. The Hall–Kier alpha value is -1.26. The summed E-state index contributed by atoms with van der Waals surface area (Å²) in [5.41, 5.74) is 0.795. The molecule has 0 unspecified atom stereocenters. The van der Waals surface area contributed by atoms with Gasteiger partial charge < -0.3 is 15.4 Å². The normalized spacial score (nSPS) is 13.6. The van der Waals surface area contributed by atoms with Gasteiger partial charge in [-0.15, -0.1) is 12.4 Å². The predicted molar refractivity (Wildman–Crippen MR) is 74.5 cm³/mol. The number of anilines is 1. The minimum atomic E-state index is -0.0425. The summed E-state index contributed by atoms with van der Waals surface area (Å²) < 4.78 is 5.61. The maximum atomic E-state index is 11.3. The van der Waals surface area contributed by atoms with Crippen LogP contribution in [0, 0.1) is 5.92 Å². The lowest BCUT2D eigenvalue weighted by molar-refractivity contribution is -0.115. The number of amides is 1. The van der Waals surface area contributed by atoms with Crippen LogP contribution in [0.4, 0.5) is 5.69 Å². The van der Waals surface area contributed by atoms with E-state index >= 15 is 0 Å². The van der Waals surface area contributed by atoms with E-state index in [1.54, 1.807) is 7.05 Å². The van der Waals surface area contributed by atoms with Crippen molar-refractivity contribution >= 4 is 24.0 Å². The molecule has 0 saturated heterocycles. The Kier molecular flexibility index (Phi) is 5.95. The quantitative estimate of drug-likeness (QED) is 0.832. The lowest BCUT2D eigenvalue weighted by Crippen LogP contribution is -2.24. The molecular formula is C13H19ClN2O2. The van der Waals surface area contributed by atoms with Crippen molar-refractivity contribution < 1.29 is 9.53 Å². The van der Waals surface area contributed by atoms with Crippen LogP contribution in [-0.2, 0) is 4.79 Å². The first-order valence-corrected chi connectivity index (χ1v) is 5.95. The van der Waals surface area contributed by atoms with Gasteiger partial charge in [-0.2, -0.15) is 0 Å². The Morgan fingerprint density at radius 2 is 2.00 bits per heavy atom. The number of halogens is 1. The minimum absolute atomic E-state index is 0. The van der Waals surface area contributed by atoms with Crippen LogP contribution in [0.5, 0.6) is 5.75 Å². The molecule has 100 valence electrons. The fourth-order valence-corrected chi connectivity index (χ4v) is 1.50. The van der Waals surface area contributed by atoms with Crippen LogP contribution >= 0.6 is 12.4 Å². The SMILES string of the molecule is CNCC(=O)Nc1ccc(OCC2CC2)cc1.Cl. The van der Waals surface area contributed by atoms with Crippen LogP contribution in [-0.4, -0.2) is 26.1 Å². The monoisotopic (exact) mass is 270 g/mol. The van der Waals surface area contributed by atoms with Gasteiger partial charge in [0.15, 0.2) is 0 Å². The van der Waals surface area contributed by atoms with Crippen molar-refractivity contribution in [1.82, 2.24) is 5.32 Å². The van der Waals surface area contributed by atoms with E-state index in [1.165, 1.54) is 12.8 Å². The van der Waals surface area contributed by atoms with Crippen LogP contribution in [0.3, 0.4) is 0 Å². The Morgan fingerprint density at radius 1 is 1.33 bits per heavy atom. The number of ether oxygens (including phenoxy) is 1. The molecule has 0 bridgehead atoms. The van der Waals surface area contributed by atoms with Gasteiger partial charge in [0.1, 0.15) is 5.75 Å². The van der Waals surface area contributed by atoms with Gasteiger partial charge in [0.05, 0.1) is 13.2 Å². The molecule has 0 aliphatic heterocycles. The zero-order chi connectivity index (χ0) is 12.1. The van der Waals surface area contributed by atoms with Crippen molar-refractivity contribution in [2.24, 2.45) is 5.92 Å². The molecule has 4 nitrogen and oxygen atoms in total. The van der Waals surface area contributed by atoms with Crippen molar-refractivity contribution in [2.45, 2.75) is 12.8 Å². The molecule has 1 aromatic carbocycles. The summed E-state index contributed by atoms with van der Waals surface area (Å²) in [5, 5.41) is 5.59. The summed E-state index contributed by atoms with van der Waals surface area (Å²) in [6, 6.07) is 7.49. The van der Waals surface area contributed by atoms with Gasteiger partial charge in [0.25, 0.3) is 0 Å². The molecule has 0 heterocycles. The number of likely N-dealkylation sites (N-methyl/N-ethyl adjacent to an activating group) is 1. The van der Waals surface area contributed by atoms with Crippen molar-refractivity contribution in [3.63, 3.8) is 0 Å². The van der Waals surface area contributed by atoms with Crippen LogP contribution in [0.25, 0.3) is 0 Å². The van der Waals surface area contributed by atoms with E-state index < -0.39 is 0 Å². The van der Waals surface area contributed by atoms with Gasteiger partial charge in [-0.3, -0.25) is 4.79 Å². The van der Waals surface area contributed by atoms with Crippen molar-refractivity contribution in [2.75, 3.05) is 25.5 Å². The average molecular weight is 271 g/mol. The first-order chi connectivity index (χ1) is 8.28. The van der Waals surface area contributed by atoms with E-state index in [0.717, 1.165) is 24.0 Å². The molecule has 1 aromatic rings. The molecule has 1 amide bonds. The van der Waals surface area contributed by atoms with E-state index in [-0.39, 0.29) is 18.3 Å². The lowest BCUT2D eigenvalue weighted by Gasteiger charge is -2.07. The molecule has 1 fully saturated rings. The van der Waals surface area contributed by atoms with Gasteiger partial charge in [-0.25, -0.2) is 0 Å². The third kappa shape index (κ3) is 4.94. The predicted octanol–water partition coefficient (Wildman–Crippen LogP) is 2.06. The number of carbonyl (C=O) groups excluding carboxylic acids is 1. The summed E-state index contributed by atoms with van der Waals surface area (Å²) in [4.78, 5) is 11.3. The molecule has 1 aliphatic rings. The number of hydrogen-bond donors (Lipinski definition) is 2. The molecule has 18 heavy (non-hydrogen) atoms. The lowest BCUT2D eigenvalue weighted by atomic mass is 10.3. The van der Waals surface area contributed by atoms with Crippen LogP contribution in [0.15, 0.2) is 24.3 Å². The third-order valence-corrected chi connectivity index (χ3v) is 2.66. The number of rotatable bonds is 6. The molecule has 1 aliphatic carbocycles. The van der Waals surface area contributed by atoms with Crippen molar-refractivity contribution in [3.05, 3.63) is 24.3 Å². The second-order valence-corrected chi connectivity index (χ2v) is 4.36. The van der Waals surface area contributed by atoms with Crippen molar-refractivity contribution in [1.29, 1.82) is 0 Å². The zero-order valence-corrected chi connectivity index (χ0v) is 11.3. The molecule has 5 heteroatoms. The summed E-state index contributed by atoms with van der Waals surface area (Å²) in [5.74, 6) is 1.58. The second kappa shape index (κ2) is 7.24. The fraction of sp³-hybridized carbons (Fsp3) is 0.462. The van der Waals surface area contributed by atoms with Crippen LogP contribution < -0.4 is 15.4 Å². The van der Waals surface area contributed by atoms with E-state index in [0.29, 0.717) is 6.54 Å². The summed E-state index contributed by atoms with van der Waals surface area (Å²) in [6.45, 7) is 1.13. The number of nitrogens with one attached hydrogen (secondary N) is 2. The maximum absolute atomic E-state index is 11.3. The Balaban J connectivity index is 0.00000162. The van der Waals surface area contributed by atoms with Gasteiger partial charge in [-0.1, -0.05) is 0 Å². The van der Waals surface area contributed by atoms with E-state index in [4.69, 9.17) is 4.74 Å². The topological polar surface area (TPSA) is 50.4 Å². The number of hydrogen-bond acceptors (Lipinski definition) is 3. The van der Waals surface area contributed by atoms with Gasteiger partial charge in [0.2, 0.25) is 5.91 Å². The fourth-order valence-electron chi connectivity index (χ4n) is 1.50. The van der Waals surface area contributed by atoms with Crippen LogP contribution in [0.1, 0.15) is 12.8 Å². The second-order valence-electron chi connectivity index (χ2n) is 4.36. The summed E-state index contributed by atoms with van der Waals surface area (Å²) in [7, 11) is 1.74. The first-order valence-electron chi connectivity index (χ1n) is 5.95. The smallest absolute Gasteiger partial charge is 0.238 e. The van der Waals surface area contributed by atoms with E-state index in [1.807, 2.05) is 24.3 Å². The number of carbonyl (C=O) groups is 1. The van der Waals surface area contributed by atoms with Crippen molar-refractivity contribution in [3.8, 4) is 5.75 Å². The molecule has 0 spiro atoms. The largest absolute Gasteiger partial charge is 0.493 e. The number of benzene rings is 1. The summed E-state index contributed by atoms with van der Waals surface area (Å²) >= 11 is 0. The summed E-state index contributed by atoms with van der Waals surface area (Å²) in [6.07, 6.45) is 2.58. The van der Waals surface area contributed by atoms with E-state index in [9.17, 15) is 4.79 Å². The average Bonchev–Trinajstić information content (AvgIpc) is 3.12. The Morgan fingerprint density at radius 3 is 2.56 bits per heavy atom. The molecule has 0 aromatic heterocycles. The molecule has 1 saturated carbocycles. The highest BCUT2D eigenvalue weighted by molar-refractivity contribution is 5.92. The molecule has 0 radical (unpaired) electrons. The Labute approximate surface area is 114 Å². The molecule has 2 rings (SSSR count). The highest BCUT2D eigenvalue weighted by Crippen LogP contribution is 2.29. The zero-order valence-electron chi connectivity index (χ0n) is 10.4. The van der Waals surface area contributed by atoms with Gasteiger partial charge in [0, 0.05) is 5.69 Å². The first kappa shape index (κ1) is 14.8. The maximum Gasteiger partial charge on any atom is 0.238 e. The Bertz CT molecular complexity index is 377. The molecular weight excluding hydrogens is 252 g/mol. The van der Waals surface area contributed by atoms with Gasteiger partial charge >= 0.3 is 0 Å². The minimum Gasteiger partial charge on any atom is -0.493 e. The standard InChI is InChI=1S/C13H18N2O2.ClH/c1-14-8-13(16)15-11-4-6-12(7-5-11)17-9-10-2-3-10;/h4-7,10,14H,2-3,8-9H2,1H3,(H,15,16);1H. The highest BCUT2D eigenvalue weighted by Gasteiger charge is 2.21. The highest BCUT2D eigenvalue weighted by atomic mass is 35.5. The molecule has 0 atom stereocenters. The van der Waals surface area contributed by atoms with E-state index in [2.05, 4.69) is 10.6 Å².